The van der Waals surface area contributed by atoms with E-state index in [0.717, 1.165) is 0 Å². The van der Waals surface area contributed by atoms with Crippen molar-refractivity contribution in [2.24, 2.45) is 0 Å². The molecule has 1 aromatic carbocycles. The first-order valence-corrected chi connectivity index (χ1v) is 5.80. The van der Waals surface area contributed by atoms with E-state index in [1.165, 1.54) is 16.7 Å². The number of hydrogen-bond donors (Lipinski definition) is 0. The molecule has 15 heavy (non-hydrogen) atoms. The van der Waals surface area contributed by atoms with Crippen LogP contribution in [0.2, 0.25) is 0 Å². The zero-order chi connectivity index (χ0) is 9.64. The average molecular weight is 321 g/mol. The van der Waals surface area contributed by atoms with Gasteiger partial charge < -0.3 is 0 Å². The Bertz CT molecular complexity index is 395. The Morgan fingerprint density at radius 2 is 1.60 bits per heavy atom. The van der Waals surface area contributed by atoms with Gasteiger partial charge in [0.2, 0.25) is 0 Å². The first kappa shape index (κ1) is 15.4. The monoisotopic (exact) mass is 319 g/mol. The van der Waals surface area contributed by atoms with E-state index in [4.69, 9.17) is 0 Å². The number of fused-ring (bicyclic) bond motifs is 1. The van der Waals surface area contributed by atoms with Gasteiger partial charge in [-0.1, -0.05) is 0 Å². The molecule has 1 aliphatic rings. The molecule has 0 N–H and O–H groups in total. The molecule has 81 valence electrons. The Kier molecular flexibility index (Phi) is 5.31. The van der Waals surface area contributed by atoms with Crippen LogP contribution in [-0.4, -0.2) is 0 Å². The fraction of sp³-hybridized carbons (Fsp3) is 0.333. The minimum absolute atomic E-state index is 0. The third-order valence-electron chi connectivity index (χ3n) is 2.77. The van der Waals surface area contributed by atoms with Gasteiger partial charge in [0.25, 0.3) is 0 Å². The largest absolute Gasteiger partial charge is 0.147 e. The summed E-state index contributed by atoms with van der Waals surface area (Å²) in [6.07, 6.45) is 4.63. The van der Waals surface area contributed by atoms with Crippen LogP contribution in [0.25, 0.3) is 6.08 Å². The number of benzene rings is 1. The maximum absolute atomic E-state index is 2.34. The van der Waals surface area contributed by atoms with E-state index in [9.17, 15) is 0 Å². The molecule has 0 nitrogen and oxygen atoms in total. The number of halogens is 2. The molecule has 0 saturated carbocycles. The van der Waals surface area contributed by atoms with Gasteiger partial charge in [-0.15, -0.1) is 24.8 Å². The van der Waals surface area contributed by atoms with E-state index in [1.807, 2.05) is 0 Å². The molecular weight excluding hydrogens is 306 g/mol. The molecule has 0 fully saturated rings. The van der Waals surface area contributed by atoms with Gasteiger partial charge in [-0.05, 0) is 0 Å². The van der Waals surface area contributed by atoms with Crippen LogP contribution >= 0.6 is 24.8 Å². The van der Waals surface area contributed by atoms with Crippen molar-refractivity contribution in [2.75, 3.05) is 0 Å². The van der Waals surface area contributed by atoms with Crippen molar-refractivity contribution in [1.82, 2.24) is 0 Å². The molecule has 0 spiro atoms. The molecule has 1 aliphatic carbocycles. The number of hydrogen-bond acceptors (Lipinski definition) is 0. The Labute approximate surface area is 119 Å². The van der Waals surface area contributed by atoms with Gasteiger partial charge >= 0.3 is 95.2 Å². The quantitative estimate of drug-likeness (QED) is 0.679. The summed E-state index contributed by atoms with van der Waals surface area (Å²) < 4.78 is 0.318. The Hall–Kier alpha value is 0.423. The van der Waals surface area contributed by atoms with Crippen molar-refractivity contribution < 1.29 is 24.7 Å². The van der Waals surface area contributed by atoms with E-state index >= 15 is 0 Å². The fourth-order valence-electron chi connectivity index (χ4n) is 2.07. The van der Waals surface area contributed by atoms with E-state index < -0.39 is 0 Å². The van der Waals surface area contributed by atoms with Crippen LogP contribution in [0.3, 0.4) is 0 Å². The van der Waals surface area contributed by atoms with E-state index in [0.29, 0.717) is 3.12 Å². The topological polar surface area (TPSA) is 0 Å². The zero-order valence-corrected chi connectivity index (χ0v) is 13.2. The molecule has 0 heterocycles. The van der Waals surface area contributed by atoms with Gasteiger partial charge in [-0.25, -0.2) is 0 Å². The van der Waals surface area contributed by atoms with Gasteiger partial charge in [0.1, 0.15) is 0 Å². The molecule has 0 saturated heterocycles. The maximum Gasteiger partial charge on any atom is -0.147 e. The molecule has 0 radical (unpaired) electrons. The van der Waals surface area contributed by atoms with Crippen molar-refractivity contribution in [3.63, 3.8) is 0 Å². The fourth-order valence-corrected chi connectivity index (χ4v) is 3.09. The van der Waals surface area contributed by atoms with Crippen LogP contribution in [0.5, 0.6) is 0 Å². The molecule has 0 amide bonds. The van der Waals surface area contributed by atoms with E-state index in [1.54, 1.807) is 30.3 Å². The first-order chi connectivity index (χ1) is 6.02. The van der Waals surface area contributed by atoms with Crippen LogP contribution in [0.1, 0.15) is 29.2 Å². The summed E-state index contributed by atoms with van der Waals surface area (Å²) in [7, 11) is 0. The van der Waals surface area contributed by atoms with Gasteiger partial charge in [-0.3, -0.25) is 0 Å². The molecule has 0 aromatic heterocycles. The summed E-state index contributed by atoms with van der Waals surface area (Å²) in [4.78, 5) is 0. The minimum Gasteiger partial charge on any atom is -0.147 e. The molecular formula is C12H15Cl2Zr. The average Bonchev–Trinajstić information content (AvgIpc) is 2.36. The molecule has 0 bridgehead atoms. The van der Waals surface area contributed by atoms with Crippen molar-refractivity contribution >= 4 is 30.9 Å². The standard InChI is InChI=1S/C12H13.2ClH.Zr/c1-8-4-5-9(2)12-10(3)6-7-11(8)12;;;/h4-7H,1-3H3;2*1H;. The predicted molar refractivity (Wildman–Crippen MR) is 66.8 cm³/mol. The maximum atomic E-state index is 2.34. The third-order valence-corrected chi connectivity index (χ3v) is 3.80. The summed E-state index contributed by atoms with van der Waals surface area (Å²) >= 11 is 1.58. The van der Waals surface area contributed by atoms with Crippen molar-refractivity contribution in [2.45, 2.75) is 23.9 Å². The summed E-state index contributed by atoms with van der Waals surface area (Å²) in [5, 5.41) is 0. The summed E-state index contributed by atoms with van der Waals surface area (Å²) in [6, 6.07) is 4.46. The van der Waals surface area contributed by atoms with Crippen LogP contribution in [0.4, 0.5) is 0 Å². The second-order valence-electron chi connectivity index (χ2n) is 4.02. The molecule has 2 rings (SSSR count). The van der Waals surface area contributed by atoms with E-state index in [-0.39, 0.29) is 24.8 Å². The molecule has 1 atom stereocenters. The Morgan fingerprint density at radius 1 is 1.07 bits per heavy atom. The van der Waals surface area contributed by atoms with Crippen LogP contribution in [-0.2, 0) is 27.8 Å². The summed E-state index contributed by atoms with van der Waals surface area (Å²) in [6.45, 7) is 6.73. The minimum atomic E-state index is 0. The van der Waals surface area contributed by atoms with Gasteiger partial charge in [0.15, 0.2) is 0 Å². The Balaban J connectivity index is 0.000000980. The molecule has 0 aliphatic heterocycles. The van der Waals surface area contributed by atoms with Gasteiger partial charge in [0, 0.05) is 0 Å². The van der Waals surface area contributed by atoms with Crippen LogP contribution < -0.4 is 0 Å². The number of rotatable bonds is 0. The SMILES string of the molecule is Cc1ccc(C)c2c1C=C[C]2(C)[Zr].Cl.Cl. The van der Waals surface area contributed by atoms with Gasteiger partial charge in [0.05, 0.1) is 0 Å². The second-order valence-corrected chi connectivity index (χ2v) is 6.58. The molecule has 1 aromatic rings. The first-order valence-electron chi connectivity index (χ1n) is 4.57. The predicted octanol–water partition coefficient (Wildman–Crippen LogP) is 3.94. The van der Waals surface area contributed by atoms with E-state index in [2.05, 4.69) is 45.1 Å². The summed E-state index contributed by atoms with van der Waals surface area (Å²) in [5.74, 6) is 0. The number of allylic oxidation sites excluding steroid dienone is 1. The zero-order valence-electron chi connectivity index (χ0n) is 9.13. The second kappa shape index (κ2) is 5.17. The van der Waals surface area contributed by atoms with Crippen LogP contribution in [0, 0.1) is 13.8 Å². The van der Waals surface area contributed by atoms with Crippen molar-refractivity contribution in [3.05, 3.63) is 40.5 Å². The number of aryl methyl sites for hydroxylation is 2. The normalized spacial score (nSPS) is 21.5. The molecule has 3 heteroatoms. The van der Waals surface area contributed by atoms with Crippen molar-refractivity contribution in [1.29, 1.82) is 0 Å². The van der Waals surface area contributed by atoms with Crippen molar-refractivity contribution in [3.8, 4) is 0 Å². The third kappa shape index (κ3) is 2.57. The smallest absolute Gasteiger partial charge is 0.147 e. The molecule has 1 unspecified atom stereocenters. The van der Waals surface area contributed by atoms with Crippen LogP contribution in [0.15, 0.2) is 18.2 Å². The Morgan fingerprint density at radius 3 is 2.13 bits per heavy atom. The summed E-state index contributed by atoms with van der Waals surface area (Å²) in [5.41, 5.74) is 5.85. The van der Waals surface area contributed by atoms with Gasteiger partial charge in [-0.2, -0.15) is 0 Å².